The topological polar surface area (TPSA) is 175 Å². The summed E-state index contributed by atoms with van der Waals surface area (Å²) in [6, 6.07) is 0. The number of cyclic esters (lactones) is 1. The lowest BCUT2D eigenvalue weighted by atomic mass is 9.95. The van der Waals surface area contributed by atoms with Gasteiger partial charge in [0.2, 0.25) is 0 Å². The molecule has 0 aromatic rings. The van der Waals surface area contributed by atoms with Crippen molar-refractivity contribution in [1.29, 1.82) is 0 Å². The first-order valence-electron chi connectivity index (χ1n) is 14.2. The summed E-state index contributed by atoms with van der Waals surface area (Å²) in [6.45, 7) is 1.25. The third-order valence-corrected chi connectivity index (χ3v) is 7.19. The maximum atomic E-state index is 12.1. The van der Waals surface area contributed by atoms with E-state index in [2.05, 4.69) is 0 Å². The second-order valence-corrected chi connectivity index (χ2v) is 10.6. The monoisotopic (exact) mass is 580 g/mol. The summed E-state index contributed by atoms with van der Waals surface area (Å²) in [5.41, 5.74) is 0. The van der Waals surface area contributed by atoms with Crippen LogP contribution in [0.4, 0.5) is 0 Å². The molecule has 3 heterocycles. The fourth-order valence-corrected chi connectivity index (χ4v) is 4.80. The molecule has 11 heteroatoms. The minimum Gasteiger partial charge on any atom is -0.460 e. The fraction of sp³-hybridized carbons (Fsp3) is 0.633. The van der Waals surface area contributed by atoms with Crippen molar-refractivity contribution in [3.05, 3.63) is 60.8 Å². The van der Waals surface area contributed by atoms with Gasteiger partial charge in [-0.25, -0.2) is 4.79 Å². The van der Waals surface area contributed by atoms with Gasteiger partial charge in [-0.2, -0.15) is 0 Å². The zero-order valence-electron chi connectivity index (χ0n) is 23.3. The second-order valence-electron chi connectivity index (χ2n) is 10.6. The molecule has 0 saturated carbocycles. The molecule has 2 bridgehead atoms. The number of carbonyl (C=O) groups is 1. The number of aliphatic hydroxyl groups excluding tert-OH is 6. The van der Waals surface area contributed by atoms with E-state index >= 15 is 0 Å². The van der Waals surface area contributed by atoms with E-state index in [0.29, 0.717) is 32.1 Å². The Labute approximate surface area is 240 Å². The van der Waals surface area contributed by atoms with Gasteiger partial charge in [0.15, 0.2) is 6.29 Å². The van der Waals surface area contributed by atoms with Crippen LogP contribution in [0.1, 0.15) is 45.4 Å². The van der Waals surface area contributed by atoms with E-state index in [9.17, 15) is 35.4 Å². The smallest absolute Gasteiger partial charge is 0.331 e. The minimum atomic E-state index is -1.56. The number of rotatable bonds is 3. The van der Waals surface area contributed by atoms with Crippen LogP contribution in [0.25, 0.3) is 0 Å². The molecule has 11 atom stereocenters. The Bertz CT molecular complexity index is 943. The summed E-state index contributed by atoms with van der Waals surface area (Å²) in [4.78, 5) is 12.1. The van der Waals surface area contributed by atoms with Gasteiger partial charge in [0, 0.05) is 12.5 Å². The van der Waals surface area contributed by atoms with Crippen LogP contribution in [0.15, 0.2) is 60.8 Å². The fourth-order valence-electron chi connectivity index (χ4n) is 4.80. The van der Waals surface area contributed by atoms with Crippen LogP contribution in [0, 0.1) is 0 Å². The van der Waals surface area contributed by atoms with Crippen LogP contribution in [0.2, 0.25) is 0 Å². The summed E-state index contributed by atoms with van der Waals surface area (Å²) < 4.78 is 22.8. The molecule has 3 aliphatic heterocycles. The van der Waals surface area contributed by atoms with Crippen molar-refractivity contribution in [2.75, 3.05) is 6.61 Å². The van der Waals surface area contributed by atoms with Crippen LogP contribution < -0.4 is 0 Å². The van der Waals surface area contributed by atoms with Crippen molar-refractivity contribution >= 4 is 5.97 Å². The molecule has 0 spiro atoms. The Morgan fingerprint density at radius 1 is 0.878 bits per heavy atom. The molecule has 2 saturated heterocycles. The van der Waals surface area contributed by atoms with Crippen molar-refractivity contribution in [2.45, 2.75) is 113 Å². The van der Waals surface area contributed by atoms with E-state index in [1.54, 1.807) is 42.5 Å². The van der Waals surface area contributed by atoms with Crippen molar-refractivity contribution in [2.24, 2.45) is 0 Å². The molecule has 0 aromatic heterocycles. The minimum absolute atomic E-state index is 0.279. The molecular weight excluding hydrogens is 536 g/mol. The third-order valence-electron chi connectivity index (χ3n) is 7.19. The normalized spacial score (nSPS) is 43.9. The Morgan fingerprint density at radius 3 is 2.41 bits per heavy atom. The van der Waals surface area contributed by atoms with Crippen molar-refractivity contribution in [3.63, 3.8) is 0 Å². The average molecular weight is 581 g/mol. The summed E-state index contributed by atoms with van der Waals surface area (Å²) in [5.74, 6) is -0.474. The SMILES string of the molecule is C[C@@H]1CCC/C=C/[C@@H]2O[C@@H](C/C=C\C=C\[C@H](O[C@@H]3O[C@H](CO)[C@@H](O)[C@H](O)[C@H]3O)C/C=C/C=C\C(=O)O1)C[C@@H](O)[C@H]2O. The Hall–Kier alpha value is -2.19. The van der Waals surface area contributed by atoms with Gasteiger partial charge >= 0.3 is 5.97 Å². The highest BCUT2D eigenvalue weighted by molar-refractivity contribution is 5.82. The first-order valence-corrected chi connectivity index (χ1v) is 14.2. The highest BCUT2D eigenvalue weighted by atomic mass is 16.7. The molecule has 0 aliphatic carbocycles. The van der Waals surface area contributed by atoms with Gasteiger partial charge in [-0.3, -0.25) is 0 Å². The van der Waals surface area contributed by atoms with E-state index in [1.807, 2.05) is 19.1 Å². The molecule has 0 unspecified atom stereocenters. The highest BCUT2D eigenvalue weighted by Gasteiger charge is 2.44. The van der Waals surface area contributed by atoms with Crippen LogP contribution >= 0.6 is 0 Å². The van der Waals surface area contributed by atoms with E-state index in [4.69, 9.17) is 18.9 Å². The van der Waals surface area contributed by atoms with Crippen molar-refractivity contribution < 1.29 is 54.4 Å². The molecule has 0 radical (unpaired) electrons. The lowest BCUT2D eigenvalue weighted by Gasteiger charge is -2.40. The molecule has 2 fully saturated rings. The molecule has 0 aromatic carbocycles. The highest BCUT2D eigenvalue weighted by Crippen LogP contribution is 2.25. The quantitative estimate of drug-likeness (QED) is 0.205. The second kappa shape index (κ2) is 17.1. The van der Waals surface area contributed by atoms with Gasteiger partial charge in [-0.05, 0) is 39.0 Å². The standard InChI is InChI=1S/C30H44O11/c1-19-11-5-2-9-15-23-26(34)22(32)17-21(39-23)14-8-3-6-12-20(13-7-4-10-16-25(33)38-19)40-30-29(37)28(36)27(35)24(18-31)41-30/h3-4,6-10,12,15-16,19-24,26-32,34-37H,2,5,11,13-14,17-18H2,1H3/b7-4+,8-3-,12-6+,15-9+,16-10-/t19-,20+,21+,22-,23+,24-,26-,27-,28+,29-,30-/m1/s1. The zero-order valence-corrected chi connectivity index (χ0v) is 23.3. The van der Waals surface area contributed by atoms with Gasteiger partial charge in [-0.1, -0.05) is 54.7 Å². The van der Waals surface area contributed by atoms with E-state index in [-0.39, 0.29) is 12.2 Å². The van der Waals surface area contributed by atoms with Gasteiger partial charge < -0.3 is 49.6 Å². The molecule has 0 amide bonds. The van der Waals surface area contributed by atoms with E-state index < -0.39 is 67.7 Å². The number of allylic oxidation sites excluding steroid dienone is 5. The predicted molar refractivity (Wildman–Crippen MR) is 148 cm³/mol. The average Bonchev–Trinajstić information content (AvgIpc) is 2.94. The largest absolute Gasteiger partial charge is 0.460 e. The van der Waals surface area contributed by atoms with E-state index in [1.165, 1.54) is 6.08 Å². The van der Waals surface area contributed by atoms with Gasteiger partial charge in [0.25, 0.3) is 0 Å². The molecular formula is C30H44O11. The Kier molecular flexibility index (Phi) is 13.9. The summed E-state index contributed by atoms with van der Waals surface area (Å²) in [7, 11) is 0. The Morgan fingerprint density at radius 2 is 1.63 bits per heavy atom. The van der Waals surface area contributed by atoms with Crippen LogP contribution in [0.5, 0.6) is 0 Å². The number of ether oxygens (including phenoxy) is 4. The third kappa shape index (κ3) is 10.5. The molecule has 3 aliphatic rings. The van der Waals surface area contributed by atoms with Crippen molar-refractivity contribution in [3.8, 4) is 0 Å². The molecule has 6 N–H and O–H groups in total. The molecule has 3 rings (SSSR count). The maximum absolute atomic E-state index is 12.1. The first kappa shape index (κ1) is 33.3. The maximum Gasteiger partial charge on any atom is 0.331 e. The number of hydrogen-bond donors (Lipinski definition) is 6. The van der Waals surface area contributed by atoms with Gasteiger partial charge in [-0.15, -0.1) is 0 Å². The number of fused-ring (bicyclic) bond motifs is 2. The summed E-state index contributed by atoms with van der Waals surface area (Å²) in [5, 5.41) is 60.7. The molecule has 230 valence electrons. The predicted octanol–water partition coefficient (Wildman–Crippen LogP) is 0.728. The summed E-state index contributed by atoms with van der Waals surface area (Å²) >= 11 is 0. The molecule has 11 nitrogen and oxygen atoms in total. The van der Waals surface area contributed by atoms with Crippen LogP contribution in [-0.4, -0.2) is 111 Å². The zero-order chi connectivity index (χ0) is 29.8. The Balaban J connectivity index is 1.73. The summed E-state index contributed by atoms with van der Waals surface area (Å²) in [6.07, 6.45) is 9.50. The lowest BCUT2D eigenvalue weighted by Crippen LogP contribution is -2.59. The number of carbonyl (C=O) groups excluding carboxylic acids is 1. The molecule has 41 heavy (non-hydrogen) atoms. The number of aliphatic hydroxyl groups is 6. The van der Waals surface area contributed by atoms with Crippen molar-refractivity contribution in [1.82, 2.24) is 0 Å². The van der Waals surface area contributed by atoms with E-state index in [0.717, 1.165) is 6.42 Å². The number of esters is 1. The van der Waals surface area contributed by atoms with Gasteiger partial charge in [0.1, 0.15) is 36.6 Å². The van der Waals surface area contributed by atoms with Crippen LogP contribution in [0.3, 0.4) is 0 Å². The lowest BCUT2D eigenvalue weighted by molar-refractivity contribution is -0.307. The van der Waals surface area contributed by atoms with Gasteiger partial charge in [0.05, 0.1) is 31.0 Å². The van der Waals surface area contributed by atoms with Crippen LogP contribution in [-0.2, 0) is 23.7 Å². The first-order chi connectivity index (χ1) is 19.7. The number of hydrogen-bond acceptors (Lipinski definition) is 11.